The van der Waals surface area contributed by atoms with E-state index in [0.717, 1.165) is 36.8 Å². The Bertz CT molecular complexity index is 4060. The third-order valence-electron chi connectivity index (χ3n) is 15.3. The number of halogens is 2. The first-order chi connectivity index (χ1) is 43.7. The van der Waals surface area contributed by atoms with Crippen LogP contribution in [-0.4, -0.2) is 101 Å². The number of esters is 2. The number of nitro benzene ring substituents is 2. The molecule has 0 aliphatic heterocycles. The maximum atomic E-state index is 14.6. The molecule has 2 fully saturated rings. The molecular formula is C64H54F2N12O12. The Kier molecular flexibility index (Phi) is 17.9. The van der Waals surface area contributed by atoms with E-state index < -0.39 is 33.4 Å². The monoisotopic (exact) mass is 1220 g/mol. The van der Waals surface area contributed by atoms with Crippen LogP contribution in [0, 0.1) is 31.9 Å². The van der Waals surface area contributed by atoms with Gasteiger partial charge in [0.1, 0.15) is 47.7 Å². The number of carbonyl (C=O) groups is 2. The highest BCUT2D eigenvalue weighted by Gasteiger charge is 2.33. The van der Waals surface area contributed by atoms with Crippen LogP contribution in [-0.2, 0) is 9.47 Å². The van der Waals surface area contributed by atoms with Crippen molar-refractivity contribution in [3.63, 3.8) is 0 Å². The second-order valence-electron chi connectivity index (χ2n) is 20.8. The number of methoxy groups -OCH3 is 2. The summed E-state index contributed by atoms with van der Waals surface area (Å²) in [5.74, 6) is -0.489. The number of fused-ring (bicyclic) bond motifs is 2. The molecule has 0 amide bonds. The molecule has 0 radical (unpaired) electrons. The van der Waals surface area contributed by atoms with E-state index in [-0.39, 0.29) is 69.8 Å². The van der Waals surface area contributed by atoms with Gasteiger partial charge < -0.3 is 28.4 Å². The third kappa shape index (κ3) is 12.8. The van der Waals surface area contributed by atoms with Gasteiger partial charge in [0, 0.05) is 48.2 Å². The van der Waals surface area contributed by atoms with Crippen molar-refractivity contribution >= 4 is 70.5 Å². The zero-order valence-electron chi connectivity index (χ0n) is 48.3. The number of rotatable bonds is 18. The zero-order chi connectivity index (χ0) is 63.0. The molecule has 90 heavy (non-hydrogen) atoms. The minimum Gasteiger partial charge on any atom is -0.494 e. The first-order valence-corrected chi connectivity index (χ1v) is 28.2. The molecule has 0 spiro atoms. The summed E-state index contributed by atoms with van der Waals surface area (Å²) < 4.78 is 66.1. The highest BCUT2D eigenvalue weighted by Crippen LogP contribution is 2.42. The topological polar surface area (TPSA) is 288 Å². The van der Waals surface area contributed by atoms with Gasteiger partial charge in [0.25, 0.3) is 11.4 Å². The lowest BCUT2D eigenvalue weighted by Gasteiger charge is -2.29. The summed E-state index contributed by atoms with van der Waals surface area (Å²) in [6.07, 6.45) is 7.49. The number of hydrogen-bond acceptors (Lipinski definition) is 20. The number of non-ortho nitro benzene ring substituents is 2. The lowest BCUT2D eigenvalue weighted by molar-refractivity contribution is -0.385. The fourth-order valence-corrected chi connectivity index (χ4v) is 10.9. The molecule has 0 bridgehead atoms. The largest absolute Gasteiger partial charge is 0.494 e. The molecule has 456 valence electrons. The highest BCUT2D eigenvalue weighted by molar-refractivity contribution is 5.99. The van der Waals surface area contributed by atoms with Crippen LogP contribution in [0.25, 0.3) is 44.6 Å². The van der Waals surface area contributed by atoms with E-state index in [4.69, 9.17) is 38.6 Å². The average Bonchev–Trinajstić information content (AvgIpc) is 1.69. The van der Waals surface area contributed by atoms with Gasteiger partial charge in [-0.1, -0.05) is 12.1 Å². The molecule has 2 saturated carbocycles. The van der Waals surface area contributed by atoms with Gasteiger partial charge in [-0.25, -0.2) is 48.9 Å². The average molecular weight is 1220 g/mol. The van der Waals surface area contributed by atoms with Crippen LogP contribution in [0.4, 0.5) is 31.8 Å². The SMILES string of the molecule is C=Nc1ncnc2c1c(-c1ccc(Oc3cccc(OC)c3F)cc1)nn2[C@@H]1CCC[C@@H](OC(=O)c2ccc([N+](=O)[O-])cc2)C1.C=Nc1ncnc2c1c(-c1ccc(Oc3cccc(OC)c3F)cc1)nn2[C@H]1CCC[C@H](OC(=O)c2ccc([N+](=O)[O-])cc2)C1. The third-order valence-corrected chi connectivity index (χ3v) is 15.3. The molecule has 4 aromatic heterocycles. The van der Waals surface area contributed by atoms with Crippen molar-refractivity contribution in [2.24, 2.45) is 9.98 Å². The van der Waals surface area contributed by atoms with Gasteiger partial charge in [-0.3, -0.25) is 20.2 Å². The molecule has 2 aliphatic carbocycles. The van der Waals surface area contributed by atoms with Crippen LogP contribution in [0.5, 0.6) is 34.5 Å². The Morgan fingerprint density at radius 2 is 0.911 bits per heavy atom. The summed E-state index contributed by atoms with van der Waals surface area (Å²) in [5.41, 5.74) is 4.03. The van der Waals surface area contributed by atoms with E-state index in [1.54, 1.807) is 60.7 Å². The number of carbonyl (C=O) groups excluding carboxylic acids is 2. The molecule has 12 rings (SSSR count). The smallest absolute Gasteiger partial charge is 0.338 e. The van der Waals surface area contributed by atoms with Crippen LogP contribution >= 0.6 is 0 Å². The van der Waals surface area contributed by atoms with Crippen molar-refractivity contribution in [1.82, 2.24) is 39.5 Å². The second kappa shape index (κ2) is 26.7. The minimum absolute atomic E-state index is 0.0319. The lowest BCUT2D eigenvalue weighted by Crippen LogP contribution is -2.28. The predicted octanol–water partition coefficient (Wildman–Crippen LogP) is 14.0. The van der Waals surface area contributed by atoms with E-state index in [1.807, 2.05) is 9.36 Å². The number of nitrogens with zero attached hydrogens (tertiary/aromatic N) is 12. The van der Waals surface area contributed by atoms with Crippen molar-refractivity contribution in [3.8, 4) is 57.0 Å². The Hall–Kier alpha value is -11.4. The molecule has 0 unspecified atom stereocenters. The summed E-state index contributed by atoms with van der Waals surface area (Å²) in [7, 11) is 2.77. The van der Waals surface area contributed by atoms with E-state index in [9.17, 15) is 38.6 Å². The quantitative estimate of drug-likeness (QED) is 0.0334. The predicted molar refractivity (Wildman–Crippen MR) is 326 cm³/mol. The van der Waals surface area contributed by atoms with E-state index in [0.29, 0.717) is 82.3 Å². The van der Waals surface area contributed by atoms with Crippen LogP contribution < -0.4 is 18.9 Å². The molecule has 0 saturated heterocycles. The van der Waals surface area contributed by atoms with Crippen molar-refractivity contribution in [2.75, 3.05) is 14.2 Å². The summed E-state index contributed by atoms with van der Waals surface area (Å²) in [6, 6.07) is 33.7. The van der Waals surface area contributed by atoms with Gasteiger partial charge in [-0.15, -0.1) is 0 Å². The number of aromatic nitrogens is 8. The van der Waals surface area contributed by atoms with Crippen LogP contribution in [0.3, 0.4) is 0 Å². The maximum Gasteiger partial charge on any atom is 0.338 e. The molecule has 10 aromatic rings. The number of ether oxygens (including phenoxy) is 6. The standard InChI is InChI=1S/2C32H27FN6O6/c2*1-34-30-27-29(19-11-15-23(16-12-19)44-26-8-4-7-25(43-2)28(26)33)37-38(31(27)36-18-35-30)22-5-3-6-24(17-22)45-32(40)20-9-13-21(14-10-20)39(41)42/h2*4,7-16,18,22,24H,1,3,5-6,17H2,2H3/t2*22-,24-/m10/s1. The first-order valence-electron chi connectivity index (χ1n) is 28.2. The van der Waals surface area contributed by atoms with Gasteiger partial charge >= 0.3 is 11.9 Å². The van der Waals surface area contributed by atoms with E-state index in [2.05, 4.69) is 43.4 Å². The van der Waals surface area contributed by atoms with E-state index in [1.165, 1.54) is 99.7 Å². The molecular weight excluding hydrogens is 1170 g/mol. The maximum absolute atomic E-state index is 14.6. The van der Waals surface area contributed by atoms with Gasteiger partial charge in [0.05, 0.1) is 58.0 Å². The van der Waals surface area contributed by atoms with Crippen molar-refractivity contribution < 1.29 is 56.6 Å². The summed E-state index contributed by atoms with van der Waals surface area (Å²) in [6.45, 7) is 7.34. The molecule has 24 nitrogen and oxygen atoms in total. The van der Waals surface area contributed by atoms with E-state index >= 15 is 0 Å². The van der Waals surface area contributed by atoms with Crippen LogP contribution in [0.2, 0.25) is 0 Å². The van der Waals surface area contributed by atoms with Crippen LogP contribution in [0.15, 0.2) is 156 Å². The fraction of sp³-hybridized carbons (Fsp3) is 0.219. The lowest BCUT2D eigenvalue weighted by atomic mass is 9.93. The van der Waals surface area contributed by atoms with Crippen LogP contribution in [0.1, 0.15) is 84.2 Å². The number of aliphatic imine (C=N–C) groups is 2. The normalized spacial score (nSPS) is 16.2. The number of nitro groups is 2. The Morgan fingerprint density at radius 3 is 1.27 bits per heavy atom. The Balaban J connectivity index is 0.000000185. The summed E-state index contributed by atoms with van der Waals surface area (Å²) in [4.78, 5) is 72.3. The highest BCUT2D eigenvalue weighted by atomic mass is 19.1. The van der Waals surface area contributed by atoms with Gasteiger partial charge in [0.2, 0.25) is 11.6 Å². The fourth-order valence-electron chi connectivity index (χ4n) is 10.9. The second-order valence-corrected chi connectivity index (χ2v) is 20.8. The molecule has 4 atom stereocenters. The number of benzene rings is 6. The van der Waals surface area contributed by atoms with Gasteiger partial charge in [0.15, 0.2) is 45.9 Å². The van der Waals surface area contributed by atoms with Gasteiger partial charge in [-0.2, -0.15) is 19.0 Å². The molecule has 2 aliphatic rings. The molecule has 0 N–H and O–H groups in total. The Morgan fingerprint density at radius 1 is 0.533 bits per heavy atom. The molecule has 26 heteroatoms. The van der Waals surface area contributed by atoms with Crippen molar-refractivity contribution in [3.05, 3.63) is 189 Å². The van der Waals surface area contributed by atoms with Crippen molar-refractivity contribution in [2.45, 2.75) is 75.7 Å². The first kappa shape index (κ1) is 60.3. The van der Waals surface area contributed by atoms with Crippen molar-refractivity contribution in [1.29, 1.82) is 0 Å². The Labute approximate surface area is 510 Å². The molecule has 6 aromatic carbocycles. The number of hydrogen-bond donors (Lipinski definition) is 0. The molecule has 4 heterocycles. The summed E-state index contributed by atoms with van der Waals surface area (Å²) >= 11 is 0. The zero-order valence-corrected chi connectivity index (χ0v) is 48.3. The van der Waals surface area contributed by atoms with Gasteiger partial charge in [-0.05, 0) is 149 Å². The minimum atomic E-state index is -0.600. The summed E-state index contributed by atoms with van der Waals surface area (Å²) in [5, 5.41) is 33.0.